The van der Waals surface area contributed by atoms with Gasteiger partial charge < -0.3 is 43.2 Å². The van der Waals surface area contributed by atoms with Crippen molar-refractivity contribution in [2.75, 3.05) is 13.1 Å². The molecule has 0 radical (unpaired) electrons. The standard InChI is InChI=1S/C19H32N8O6/c20-6-2-1-3-12(21)17(31)26-13(4-5-15(22)28)19(33)27-14(7-11-8-23-10-25-11)18(32)24-9-16(29)30/h8,10,12-14H,1-7,9,20-21H2,(H2,22,28)(H,23,25)(H,24,32)(H,26,31)(H,27,33)(H,29,30). The molecule has 0 bridgehead atoms. The fraction of sp³-hybridized carbons (Fsp3) is 0.579. The van der Waals surface area contributed by atoms with E-state index >= 15 is 0 Å². The first kappa shape index (κ1) is 27.5. The number of carboxylic acids is 1. The van der Waals surface area contributed by atoms with E-state index < -0.39 is 54.3 Å². The van der Waals surface area contributed by atoms with Crippen LogP contribution in [-0.2, 0) is 30.4 Å². The summed E-state index contributed by atoms with van der Waals surface area (Å²) in [5.41, 5.74) is 17.0. The molecule has 11 N–H and O–H groups in total. The Morgan fingerprint density at radius 1 is 1.03 bits per heavy atom. The Morgan fingerprint density at radius 2 is 1.73 bits per heavy atom. The number of amides is 4. The number of H-pyrrole nitrogens is 1. The van der Waals surface area contributed by atoms with Crippen LogP contribution in [0, 0.1) is 0 Å². The van der Waals surface area contributed by atoms with Gasteiger partial charge in [-0.25, -0.2) is 4.98 Å². The van der Waals surface area contributed by atoms with Crippen LogP contribution in [0.15, 0.2) is 12.5 Å². The minimum Gasteiger partial charge on any atom is -0.480 e. The van der Waals surface area contributed by atoms with Crippen molar-refractivity contribution in [3.8, 4) is 0 Å². The molecule has 14 heteroatoms. The number of aromatic nitrogens is 2. The van der Waals surface area contributed by atoms with Crippen molar-refractivity contribution in [3.63, 3.8) is 0 Å². The molecule has 0 fully saturated rings. The summed E-state index contributed by atoms with van der Waals surface area (Å²) in [5, 5.41) is 16.0. The van der Waals surface area contributed by atoms with Crippen molar-refractivity contribution < 1.29 is 29.1 Å². The van der Waals surface area contributed by atoms with E-state index in [1.165, 1.54) is 12.5 Å². The van der Waals surface area contributed by atoms with Gasteiger partial charge in [-0.3, -0.25) is 24.0 Å². The monoisotopic (exact) mass is 468 g/mol. The molecule has 0 saturated carbocycles. The number of nitrogens with zero attached hydrogens (tertiary/aromatic N) is 1. The lowest BCUT2D eigenvalue weighted by Gasteiger charge is -2.23. The second-order valence-electron chi connectivity index (χ2n) is 7.41. The molecule has 3 unspecified atom stereocenters. The number of rotatable bonds is 16. The van der Waals surface area contributed by atoms with Crippen LogP contribution in [0.1, 0.15) is 37.8 Å². The number of carbonyl (C=O) groups is 5. The van der Waals surface area contributed by atoms with Crippen molar-refractivity contribution >= 4 is 29.6 Å². The fourth-order valence-corrected chi connectivity index (χ4v) is 2.86. The molecule has 0 spiro atoms. The maximum absolute atomic E-state index is 12.9. The highest BCUT2D eigenvalue weighted by Crippen LogP contribution is 2.05. The van der Waals surface area contributed by atoms with Gasteiger partial charge in [-0.1, -0.05) is 6.42 Å². The number of carbonyl (C=O) groups excluding carboxylic acids is 4. The van der Waals surface area contributed by atoms with Crippen molar-refractivity contribution in [3.05, 3.63) is 18.2 Å². The number of unbranched alkanes of at least 4 members (excludes halogenated alkanes) is 1. The average molecular weight is 469 g/mol. The van der Waals surface area contributed by atoms with E-state index in [-0.39, 0.29) is 19.3 Å². The first-order valence-corrected chi connectivity index (χ1v) is 10.5. The second kappa shape index (κ2) is 14.5. The Hall–Kier alpha value is -3.52. The maximum atomic E-state index is 12.9. The Labute approximate surface area is 190 Å². The van der Waals surface area contributed by atoms with E-state index in [0.717, 1.165) is 0 Å². The van der Waals surface area contributed by atoms with Crippen molar-refractivity contribution in [2.24, 2.45) is 17.2 Å². The quantitative estimate of drug-likeness (QED) is 0.114. The van der Waals surface area contributed by atoms with Gasteiger partial charge in [0.15, 0.2) is 0 Å². The lowest BCUT2D eigenvalue weighted by atomic mass is 10.1. The normalized spacial score (nSPS) is 13.4. The SMILES string of the molecule is NCCCCC(N)C(=O)NC(CCC(N)=O)C(=O)NC(Cc1cnc[nH]1)C(=O)NCC(=O)O. The van der Waals surface area contributed by atoms with Crippen LogP contribution < -0.4 is 33.2 Å². The van der Waals surface area contributed by atoms with E-state index in [1.54, 1.807) is 0 Å². The third-order valence-electron chi connectivity index (χ3n) is 4.64. The van der Waals surface area contributed by atoms with E-state index in [1.807, 2.05) is 0 Å². The number of imidazole rings is 1. The zero-order chi connectivity index (χ0) is 24.8. The Kier molecular flexibility index (Phi) is 12.1. The Morgan fingerprint density at radius 3 is 2.30 bits per heavy atom. The molecule has 1 aromatic heterocycles. The van der Waals surface area contributed by atoms with Gasteiger partial charge in [0.05, 0.1) is 12.4 Å². The number of hydrogen-bond donors (Lipinski definition) is 8. The van der Waals surface area contributed by atoms with Crippen molar-refractivity contribution in [2.45, 2.75) is 56.7 Å². The Bertz CT molecular complexity index is 800. The van der Waals surface area contributed by atoms with E-state index in [4.69, 9.17) is 22.3 Å². The third-order valence-corrected chi connectivity index (χ3v) is 4.64. The van der Waals surface area contributed by atoms with Crippen LogP contribution in [-0.4, -0.2) is 75.9 Å². The molecule has 0 aliphatic carbocycles. The lowest BCUT2D eigenvalue weighted by Crippen LogP contribution is -2.56. The molecular formula is C19H32N8O6. The summed E-state index contributed by atoms with van der Waals surface area (Å²) in [5.74, 6) is -4.04. The number of aromatic amines is 1. The van der Waals surface area contributed by atoms with Gasteiger partial charge in [-0.05, 0) is 25.8 Å². The second-order valence-corrected chi connectivity index (χ2v) is 7.41. The van der Waals surface area contributed by atoms with E-state index in [0.29, 0.717) is 31.5 Å². The topological polar surface area (TPSA) is 248 Å². The van der Waals surface area contributed by atoms with Gasteiger partial charge >= 0.3 is 5.97 Å². The number of carboxylic acid groups (broad SMARTS) is 1. The highest BCUT2D eigenvalue weighted by molar-refractivity contribution is 5.94. The third kappa shape index (κ3) is 11.1. The molecule has 14 nitrogen and oxygen atoms in total. The highest BCUT2D eigenvalue weighted by Gasteiger charge is 2.29. The average Bonchev–Trinajstić information content (AvgIpc) is 3.27. The van der Waals surface area contributed by atoms with Crippen LogP contribution in [0.3, 0.4) is 0 Å². The number of aliphatic carboxylic acids is 1. The zero-order valence-corrected chi connectivity index (χ0v) is 18.2. The molecule has 184 valence electrons. The molecule has 33 heavy (non-hydrogen) atoms. The van der Waals surface area contributed by atoms with Gasteiger partial charge in [-0.15, -0.1) is 0 Å². The van der Waals surface area contributed by atoms with Crippen LogP contribution in [0.5, 0.6) is 0 Å². The predicted octanol–water partition coefficient (Wildman–Crippen LogP) is -3.16. The minimum absolute atomic E-state index is 0.0215. The first-order valence-electron chi connectivity index (χ1n) is 10.5. The fourth-order valence-electron chi connectivity index (χ4n) is 2.86. The molecule has 1 rings (SSSR count). The van der Waals surface area contributed by atoms with Crippen LogP contribution in [0.2, 0.25) is 0 Å². The van der Waals surface area contributed by atoms with Crippen LogP contribution in [0.4, 0.5) is 0 Å². The summed E-state index contributed by atoms with van der Waals surface area (Å²) in [6.45, 7) is -0.187. The molecule has 4 amide bonds. The highest BCUT2D eigenvalue weighted by atomic mass is 16.4. The van der Waals surface area contributed by atoms with E-state index in [2.05, 4.69) is 25.9 Å². The van der Waals surface area contributed by atoms with Gasteiger partial charge in [0.25, 0.3) is 0 Å². The van der Waals surface area contributed by atoms with Gasteiger partial charge in [0.1, 0.15) is 18.6 Å². The molecule has 0 aromatic carbocycles. The lowest BCUT2D eigenvalue weighted by molar-refractivity contribution is -0.138. The summed E-state index contributed by atoms with van der Waals surface area (Å²) in [7, 11) is 0. The van der Waals surface area contributed by atoms with Crippen molar-refractivity contribution in [1.82, 2.24) is 25.9 Å². The summed E-state index contributed by atoms with van der Waals surface area (Å²) in [6, 6.07) is -3.26. The summed E-state index contributed by atoms with van der Waals surface area (Å²) in [6.07, 6.45) is 4.15. The molecule has 0 aliphatic rings. The zero-order valence-electron chi connectivity index (χ0n) is 18.2. The van der Waals surface area contributed by atoms with Gasteiger partial charge in [-0.2, -0.15) is 0 Å². The number of primary amides is 1. The smallest absolute Gasteiger partial charge is 0.322 e. The molecular weight excluding hydrogens is 436 g/mol. The van der Waals surface area contributed by atoms with Gasteiger partial charge in [0, 0.05) is 24.7 Å². The van der Waals surface area contributed by atoms with Gasteiger partial charge in [0.2, 0.25) is 23.6 Å². The molecule has 3 atom stereocenters. The first-order chi connectivity index (χ1) is 15.6. The molecule has 0 saturated heterocycles. The van der Waals surface area contributed by atoms with Crippen LogP contribution >= 0.6 is 0 Å². The predicted molar refractivity (Wildman–Crippen MR) is 116 cm³/mol. The number of hydrogen-bond acceptors (Lipinski definition) is 8. The number of nitrogens with two attached hydrogens (primary N) is 3. The minimum atomic E-state index is -1.26. The van der Waals surface area contributed by atoms with E-state index in [9.17, 15) is 24.0 Å². The van der Waals surface area contributed by atoms with Crippen LogP contribution in [0.25, 0.3) is 0 Å². The van der Waals surface area contributed by atoms with Crippen molar-refractivity contribution in [1.29, 1.82) is 0 Å². The molecule has 1 heterocycles. The summed E-state index contributed by atoms with van der Waals surface area (Å²) < 4.78 is 0. The maximum Gasteiger partial charge on any atom is 0.322 e. The largest absolute Gasteiger partial charge is 0.480 e. The number of nitrogens with one attached hydrogen (secondary N) is 4. The Balaban J connectivity index is 2.90. The molecule has 0 aliphatic heterocycles. The molecule has 1 aromatic rings. The summed E-state index contributed by atoms with van der Waals surface area (Å²) in [4.78, 5) is 66.4. The summed E-state index contributed by atoms with van der Waals surface area (Å²) >= 11 is 0.